The number of halogens is 3. The van der Waals surface area contributed by atoms with Crippen LogP contribution in [0.15, 0.2) is 18.3 Å². The molecule has 0 radical (unpaired) electrons. The molecule has 3 amide bonds. The van der Waals surface area contributed by atoms with Gasteiger partial charge in [0, 0.05) is 44.0 Å². The second-order valence-electron chi connectivity index (χ2n) is 8.64. The highest BCUT2D eigenvalue weighted by Gasteiger charge is 2.35. The van der Waals surface area contributed by atoms with Crippen molar-refractivity contribution in [2.45, 2.75) is 25.6 Å². The first-order valence-corrected chi connectivity index (χ1v) is 11.2. The van der Waals surface area contributed by atoms with Crippen LogP contribution in [0.5, 0.6) is 5.75 Å². The van der Waals surface area contributed by atoms with E-state index in [0.717, 1.165) is 25.3 Å². The van der Waals surface area contributed by atoms with E-state index in [-0.39, 0.29) is 36.3 Å². The molecule has 1 N–H and O–H groups in total. The molecule has 2 aromatic heterocycles. The summed E-state index contributed by atoms with van der Waals surface area (Å²) >= 11 is 0. The molecule has 0 unspecified atom stereocenters. The van der Waals surface area contributed by atoms with E-state index in [0.29, 0.717) is 44.0 Å². The summed E-state index contributed by atoms with van der Waals surface area (Å²) in [5, 5.41) is 2.48. The quantitative estimate of drug-likeness (QED) is 0.621. The summed E-state index contributed by atoms with van der Waals surface area (Å²) in [6.07, 6.45) is -2.26. The van der Waals surface area contributed by atoms with Gasteiger partial charge in [-0.05, 0) is 31.5 Å². The van der Waals surface area contributed by atoms with E-state index in [1.165, 1.54) is 4.90 Å². The molecular weight excluding hydrogens is 481 g/mol. The Bertz CT molecular complexity index is 1190. The van der Waals surface area contributed by atoms with Gasteiger partial charge in [0.05, 0.1) is 13.7 Å². The van der Waals surface area contributed by atoms with E-state index in [2.05, 4.69) is 15.3 Å². The zero-order valence-corrected chi connectivity index (χ0v) is 19.8. The molecular formula is C23H25F3N6O4. The molecule has 0 atom stereocenters. The minimum atomic E-state index is -4.66. The molecule has 4 heterocycles. The highest BCUT2D eigenvalue weighted by Crippen LogP contribution is 2.36. The Morgan fingerprint density at radius 1 is 1.25 bits per heavy atom. The maximum atomic E-state index is 13.1. The number of fused-ring (bicyclic) bond motifs is 1. The molecule has 0 aliphatic carbocycles. The Morgan fingerprint density at radius 2 is 2.03 bits per heavy atom. The van der Waals surface area contributed by atoms with Crippen LogP contribution in [0.4, 0.5) is 29.6 Å². The number of rotatable bonds is 5. The standard InChI is InChI=1S/C23H25F3N6O4/c1-30-6-7-31(20(34)12-30)11-15-8-14-4-3-5-32(21(14)28-17(15)13-33)22(35)29-19-9-18(36-2)16(10-27-19)23(24,25)26/h8-10,13H,3-7,11-12H2,1-2H3,(H,27,29,35). The molecule has 0 aromatic carbocycles. The number of nitrogens with one attached hydrogen (secondary N) is 1. The first-order valence-electron chi connectivity index (χ1n) is 11.2. The van der Waals surface area contributed by atoms with Crippen LogP contribution in [0.3, 0.4) is 0 Å². The topological polar surface area (TPSA) is 108 Å². The fraction of sp³-hybridized carbons (Fsp3) is 0.435. The highest BCUT2D eigenvalue weighted by atomic mass is 19.4. The smallest absolute Gasteiger partial charge is 0.421 e. The number of carbonyl (C=O) groups is 3. The van der Waals surface area contributed by atoms with Gasteiger partial charge in [-0.2, -0.15) is 13.2 Å². The molecule has 192 valence electrons. The number of amides is 3. The lowest BCUT2D eigenvalue weighted by molar-refractivity contribution is -0.139. The van der Waals surface area contributed by atoms with Crippen LogP contribution in [0.25, 0.3) is 0 Å². The van der Waals surface area contributed by atoms with Crippen LogP contribution in [0, 0.1) is 0 Å². The average Bonchev–Trinajstić information content (AvgIpc) is 2.84. The van der Waals surface area contributed by atoms with Crippen LogP contribution in [-0.2, 0) is 23.9 Å². The molecule has 4 rings (SSSR count). The Kier molecular flexibility index (Phi) is 7.11. The van der Waals surface area contributed by atoms with E-state index < -0.39 is 23.5 Å². The fourth-order valence-electron chi connectivity index (χ4n) is 4.25. The summed E-state index contributed by atoms with van der Waals surface area (Å²) in [4.78, 5) is 50.2. The summed E-state index contributed by atoms with van der Waals surface area (Å²) < 4.78 is 44.1. The monoisotopic (exact) mass is 506 g/mol. The molecule has 0 saturated carbocycles. The molecule has 13 heteroatoms. The summed E-state index contributed by atoms with van der Waals surface area (Å²) in [6.45, 7) is 2.08. The number of piperazine rings is 1. The second-order valence-corrected chi connectivity index (χ2v) is 8.64. The lowest BCUT2D eigenvalue weighted by Crippen LogP contribution is -2.48. The van der Waals surface area contributed by atoms with Gasteiger partial charge in [-0.15, -0.1) is 0 Å². The summed E-state index contributed by atoms with van der Waals surface area (Å²) in [6, 6.07) is 2.12. The van der Waals surface area contributed by atoms with Crippen molar-refractivity contribution in [3.63, 3.8) is 0 Å². The second kappa shape index (κ2) is 10.1. The van der Waals surface area contributed by atoms with E-state index in [9.17, 15) is 27.6 Å². The van der Waals surface area contributed by atoms with E-state index in [4.69, 9.17) is 4.74 Å². The number of hydrogen-bond acceptors (Lipinski definition) is 7. The lowest BCUT2D eigenvalue weighted by atomic mass is 10.0. The van der Waals surface area contributed by atoms with Gasteiger partial charge >= 0.3 is 12.2 Å². The summed E-state index contributed by atoms with van der Waals surface area (Å²) in [5.74, 6) is -0.360. The minimum absolute atomic E-state index is 0.0428. The van der Waals surface area contributed by atoms with Crippen molar-refractivity contribution in [2.24, 2.45) is 0 Å². The number of aryl methyl sites for hydroxylation is 1. The summed E-state index contributed by atoms with van der Waals surface area (Å²) in [5.41, 5.74) is 0.388. The number of methoxy groups -OCH3 is 1. The predicted molar refractivity (Wildman–Crippen MR) is 123 cm³/mol. The normalized spacial score (nSPS) is 16.5. The zero-order valence-electron chi connectivity index (χ0n) is 19.8. The van der Waals surface area contributed by atoms with Gasteiger partial charge < -0.3 is 9.64 Å². The molecule has 1 saturated heterocycles. The molecule has 2 aromatic rings. The lowest BCUT2D eigenvalue weighted by Gasteiger charge is -2.33. The van der Waals surface area contributed by atoms with Gasteiger partial charge in [-0.25, -0.2) is 14.8 Å². The number of likely N-dealkylation sites (N-methyl/N-ethyl adjacent to an activating group) is 1. The van der Waals surface area contributed by atoms with Gasteiger partial charge in [0.1, 0.15) is 28.6 Å². The first kappa shape index (κ1) is 25.4. The van der Waals surface area contributed by atoms with Crippen molar-refractivity contribution in [2.75, 3.05) is 50.6 Å². The van der Waals surface area contributed by atoms with Crippen LogP contribution >= 0.6 is 0 Å². The molecule has 1 fully saturated rings. The third kappa shape index (κ3) is 5.25. The maximum absolute atomic E-state index is 13.1. The number of alkyl halides is 3. The Hall–Kier alpha value is -3.74. The molecule has 2 aliphatic heterocycles. The zero-order chi connectivity index (χ0) is 26.0. The fourth-order valence-corrected chi connectivity index (χ4v) is 4.25. The number of aldehydes is 1. The third-order valence-electron chi connectivity index (χ3n) is 6.13. The van der Waals surface area contributed by atoms with Crippen LogP contribution in [0.2, 0.25) is 0 Å². The Balaban J connectivity index is 1.56. The molecule has 0 spiro atoms. The number of pyridine rings is 2. The van der Waals surface area contributed by atoms with Crippen molar-refractivity contribution < 1.29 is 32.3 Å². The predicted octanol–water partition coefficient (Wildman–Crippen LogP) is 2.58. The van der Waals surface area contributed by atoms with Crippen molar-refractivity contribution in [1.29, 1.82) is 0 Å². The highest BCUT2D eigenvalue weighted by molar-refractivity contribution is 6.01. The van der Waals surface area contributed by atoms with E-state index in [1.807, 2.05) is 11.9 Å². The number of nitrogens with zero attached hydrogens (tertiary/aromatic N) is 5. The SMILES string of the molecule is COc1cc(NC(=O)N2CCCc3cc(CN4CCN(C)CC4=O)c(C=O)nc32)ncc1C(F)(F)F. The average molecular weight is 506 g/mol. The van der Waals surface area contributed by atoms with E-state index >= 15 is 0 Å². The number of aromatic nitrogens is 2. The first-order chi connectivity index (χ1) is 17.1. The van der Waals surface area contributed by atoms with Gasteiger partial charge in [-0.1, -0.05) is 0 Å². The molecule has 2 aliphatic rings. The van der Waals surface area contributed by atoms with E-state index in [1.54, 1.807) is 11.0 Å². The van der Waals surface area contributed by atoms with Crippen molar-refractivity contribution in [3.8, 4) is 5.75 Å². The Morgan fingerprint density at radius 3 is 2.69 bits per heavy atom. The minimum Gasteiger partial charge on any atom is -0.496 e. The molecule has 0 bridgehead atoms. The van der Waals surface area contributed by atoms with Crippen LogP contribution < -0.4 is 15.0 Å². The van der Waals surface area contributed by atoms with Crippen molar-refractivity contribution in [1.82, 2.24) is 19.8 Å². The Labute approximate surface area is 205 Å². The largest absolute Gasteiger partial charge is 0.496 e. The number of ether oxygens (including phenoxy) is 1. The third-order valence-corrected chi connectivity index (χ3v) is 6.13. The van der Waals surface area contributed by atoms with Gasteiger partial charge in [0.25, 0.3) is 0 Å². The van der Waals surface area contributed by atoms with Gasteiger partial charge in [-0.3, -0.25) is 24.7 Å². The number of urea groups is 1. The number of anilines is 2. The number of hydrogen-bond donors (Lipinski definition) is 1. The molecule has 10 nitrogen and oxygen atoms in total. The summed E-state index contributed by atoms with van der Waals surface area (Å²) in [7, 11) is 2.96. The molecule has 36 heavy (non-hydrogen) atoms. The maximum Gasteiger partial charge on any atom is 0.421 e. The van der Waals surface area contributed by atoms with Gasteiger partial charge in [0.2, 0.25) is 5.91 Å². The van der Waals surface area contributed by atoms with Crippen LogP contribution in [-0.4, -0.2) is 78.3 Å². The van der Waals surface area contributed by atoms with Crippen molar-refractivity contribution >= 4 is 29.9 Å². The van der Waals surface area contributed by atoms with Gasteiger partial charge in [0.15, 0.2) is 6.29 Å². The van der Waals surface area contributed by atoms with Crippen LogP contribution in [0.1, 0.15) is 33.6 Å². The number of carbonyl (C=O) groups excluding carboxylic acids is 3. The van der Waals surface area contributed by atoms with Crippen molar-refractivity contribution in [3.05, 3.63) is 40.7 Å².